The molecule has 0 aromatic rings. The molecule has 0 aliphatic heterocycles. The molecule has 3 fully saturated rings. The van der Waals surface area contributed by atoms with Crippen molar-refractivity contribution in [1.29, 1.82) is 0 Å². The number of carbonyl (C=O) groups is 2. The van der Waals surface area contributed by atoms with Crippen LogP contribution in [0.25, 0.3) is 0 Å². The average molecular weight is 326 g/mol. The molecule has 0 spiro atoms. The summed E-state index contributed by atoms with van der Waals surface area (Å²) in [4.78, 5) is 24.6. The van der Waals surface area contributed by atoms with Gasteiger partial charge >= 0.3 is 0 Å². The standard InChI is InChI=1S/C22H30O2/c1-4-5-14-12-15-13-16(23)8-10-21(15,2)18-9-11-22(3)17(20(14)18)6-7-19(22)24/h4,13-14,17-18,20H,1,5-12H2,2-3H3/t14?,17?,18?,20?,21-,22-/m0/s1. The molecule has 3 saturated carbocycles. The van der Waals surface area contributed by atoms with Crippen molar-refractivity contribution in [3.8, 4) is 0 Å². The number of Topliss-reactive ketones (excluding diaryl/α,β-unsaturated/α-hetero) is 1. The molecule has 130 valence electrons. The van der Waals surface area contributed by atoms with E-state index in [1.165, 1.54) is 5.57 Å². The van der Waals surface area contributed by atoms with Crippen LogP contribution >= 0.6 is 0 Å². The Balaban J connectivity index is 1.77. The van der Waals surface area contributed by atoms with Gasteiger partial charge in [0.15, 0.2) is 5.78 Å². The average Bonchev–Trinajstić information content (AvgIpc) is 2.85. The third kappa shape index (κ3) is 2.07. The van der Waals surface area contributed by atoms with Crippen molar-refractivity contribution < 1.29 is 9.59 Å². The van der Waals surface area contributed by atoms with Crippen LogP contribution in [0.3, 0.4) is 0 Å². The van der Waals surface area contributed by atoms with Crippen molar-refractivity contribution >= 4 is 11.6 Å². The van der Waals surface area contributed by atoms with Gasteiger partial charge in [0.1, 0.15) is 5.78 Å². The fourth-order valence-corrected chi connectivity index (χ4v) is 6.93. The van der Waals surface area contributed by atoms with Crippen LogP contribution in [0.4, 0.5) is 0 Å². The highest BCUT2D eigenvalue weighted by Crippen LogP contribution is 2.66. The maximum atomic E-state index is 12.6. The van der Waals surface area contributed by atoms with E-state index in [2.05, 4.69) is 26.5 Å². The third-order valence-corrected chi connectivity index (χ3v) is 8.32. The molecule has 4 aliphatic carbocycles. The van der Waals surface area contributed by atoms with Crippen LogP contribution in [0, 0.1) is 34.5 Å². The highest BCUT2D eigenvalue weighted by Gasteiger charge is 2.60. The topological polar surface area (TPSA) is 34.1 Å². The number of allylic oxidation sites excluding steroid dienone is 2. The van der Waals surface area contributed by atoms with Crippen molar-refractivity contribution in [2.24, 2.45) is 34.5 Å². The van der Waals surface area contributed by atoms with E-state index in [1.54, 1.807) is 0 Å². The first-order valence-electron chi connectivity index (χ1n) is 9.78. The third-order valence-electron chi connectivity index (χ3n) is 8.32. The summed E-state index contributed by atoms with van der Waals surface area (Å²) in [5.41, 5.74) is 1.51. The van der Waals surface area contributed by atoms with E-state index in [9.17, 15) is 9.59 Å². The quantitative estimate of drug-likeness (QED) is 0.677. The second-order valence-electron chi connectivity index (χ2n) is 9.25. The van der Waals surface area contributed by atoms with E-state index in [0.29, 0.717) is 41.7 Å². The molecule has 0 saturated heterocycles. The number of hydrogen-bond acceptors (Lipinski definition) is 2. The van der Waals surface area contributed by atoms with Crippen LogP contribution in [0.5, 0.6) is 0 Å². The summed E-state index contributed by atoms with van der Waals surface area (Å²) in [7, 11) is 0. The van der Waals surface area contributed by atoms with Crippen LogP contribution < -0.4 is 0 Å². The monoisotopic (exact) mass is 326 g/mol. The Kier molecular flexibility index (Phi) is 3.67. The predicted octanol–water partition coefficient (Wildman–Crippen LogP) is 4.89. The molecule has 0 radical (unpaired) electrons. The van der Waals surface area contributed by atoms with Crippen LogP contribution in [0.15, 0.2) is 24.3 Å². The van der Waals surface area contributed by atoms with E-state index < -0.39 is 0 Å². The molecular formula is C22H30O2. The van der Waals surface area contributed by atoms with E-state index in [4.69, 9.17) is 0 Å². The molecule has 0 bridgehead atoms. The second-order valence-corrected chi connectivity index (χ2v) is 9.25. The lowest BCUT2D eigenvalue weighted by Crippen LogP contribution is -2.53. The van der Waals surface area contributed by atoms with Gasteiger partial charge in [-0.2, -0.15) is 0 Å². The van der Waals surface area contributed by atoms with Gasteiger partial charge in [-0.25, -0.2) is 0 Å². The molecule has 0 aromatic carbocycles. The Morgan fingerprint density at radius 3 is 2.62 bits per heavy atom. The van der Waals surface area contributed by atoms with Crippen LogP contribution in [-0.4, -0.2) is 11.6 Å². The number of carbonyl (C=O) groups excluding carboxylic acids is 2. The predicted molar refractivity (Wildman–Crippen MR) is 95.4 cm³/mol. The van der Waals surface area contributed by atoms with Crippen molar-refractivity contribution in [2.45, 2.75) is 65.2 Å². The number of hydrogen-bond donors (Lipinski definition) is 0. The summed E-state index contributed by atoms with van der Waals surface area (Å²) in [6.45, 7) is 8.64. The summed E-state index contributed by atoms with van der Waals surface area (Å²) in [6, 6.07) is 0. The summed E-state index contributed by atoms with van der Waals surface area (Å²) >= 11 is 0. The fraction of sp³-hybridized carbons (Fsp3) is 0.727. The van der Waals surface area contributed by atoms with Crippen molar-refractivity contribution in [3.05, 3.63) is 24.3 Å². The van der Waals surface area contributed by atoms with Crippen molar-refractivity contribution in [3.63, 3.8) is 0 Å². The lowest BCUT2D eigenvalue weighted by molar-refractivity contribution is -0.135. The van der Waals surface area contributed by atoms with Gasteiger partial charge in [-0.1, -0.05) is 25.5 Å². The Morgan fingerprint density at radius 2 is 1.88 bits per heavy atom. The smallest absolute Gasteiger partial charge is 0.155 e. The lowest BCUT2D eigenvalue weighted by atomic mass is 9.45. The SMILES string of the molecule is C=CCC1CC2=CC(=O)CC[C@]2(C)C2CC[C@]3(C)C(=O)CCC3C12. The molecule has 0 N–H and O–H groups in total. The largest absolute Gasteiger partial charge is 0.299 e. The summed E-state index contributed by atoms with van der Waals surface area (Å²) < 4.78 is 0. The Morgan fingerprint density at radius 1 is 1.12 bits per heavy atom. The molecule has 4 unspecified atom stereocenters. The molecule has 2 heteroatoms. The second kappa shape index (κ2) is 5.41. The van der Waals surface area contributed by atoms with Crippen molar-refractivity contribution in [1.82, 2.24) is 0 Å². The summed E-state index contributed by atoms with van der Waals surface area (Å²) in [6.07, 6.45) is 11.9. The van der Waals surface area contributed by atoms with Crippen molar-refractivity contribution in [2.75, 3.05) is 0 Å². The first kappa shape index (κ1) is 16.3. The molecule has 4 rings (SSSR count). The van der Waals surface area contributed by atoms with Gasteiger partial charge in [0.2, 0.25) is 0 Å². The maximum Gasteiger partial charge on any atom is 0.155 e. The normalized spacial score (nSPS) is 47.5. The maximum absolute atomic E-state index is 12.6. The Labute approximate surface area is 145 Å². The highest BCUT2D eigenvalue weighted by atomic mass is 16.1. The minimum Gasteiger partial charge on any atom is -0.299 e. The van der Waals surface area contributed by atoms with Gasteiger partial charge in [0, 0.05) is 18.3 Å². The minimum atomic E-state index is -0.0807. The van der Waals surface area contributed by atoms with Gasteiger partial charge in [-0.3, -0.25) is 9.59 Å². The van der Waals surface area contributed by atoms with Gasteiger partial charge < -0.3 is 0 Å². The molecule has 4 aliphatic rings. The zero-order valence-corrected chi connectivity index (χ0v) is 15.1. The molecule has 0 amide bonds. The van der Waals surface area contributed by atoms with E-state index in [1.807, 2.05) is 6.08 Å². The van der Waals surface area contributed by atoms with Gasteiger partial charge in [-0.05, 0) is 73.7 Å². The molecule has 24 heavy (non-hydrogen) atoms. The molecular weight excluding hydrogens is 296 g/mol. The first-order valence-corrected chi connectivity index (χ1v) is 9.78. The van der Waals surface area contributed by atoms with E-state index in [-0.39, 0.29) is 10.8 Å². The van der Waals surface area contributed by atoms with E-state index >= 15 is 0 Å². The molecule has 0 aromatic heterocycles. The van der Waals surface area contributed by atoms with Crippen LogP contribution in [0.1, 0.15) is 65.2 Å². The fourth-order valence-electron chi connectivity index (χ4n) is 6.93. The van der Waals surface area contributed by atoms with Crippen LogP contribution in [-0.2, 0) is 9.59 Å². The molecule has 0 heterocycles. The first-order chi connectivity index (χ1) is 11.4. The molecule has 2 nitrogen and oxygen atoms in total. The Bertz CT molecular complexity index is 630. The van der Waals surface area contributed by atoms with Gasteiger partial charge in [-0.15, -0.1) is 6.58 Å². The Hall–Kier alpha value is -1.18. The lowest BCUT2D eigenvalue weighted by Gasteiger charge is -2.59. The van der Waals surface area contributed by atoms with E-state index in [0.717, 1.165) is 44.9 Å². The minimum absolute atomic E-state index is 0.0807. The zero-order valence-electron chi connectivity index (χ0n) is 15.1. The summed E-state index contributed by atoms with van der Waals surface area (Å²) in [5.74, 6) is 3.20. The van der Waals surface area contributed by atoms with Gasteiger partial charge in [0.05, 0.1) is 0 Å². The summed E-state index contributed by atoms with van der Waals surface area (Å²) in [5, 5.41) is 0. The number of rotatable bonds is 2. The molecule has 6 atom stereocenters. The highest BCUT2D eigenvalue weighted by molar-refractivity contribution is 5.91. The zero-order chi connectivity index (χ0) is 17.1. The number of fused-ring (bicyclic) bond motifs is 5. The number of ketones is 2. The van der Waals surface area contributed by atoms with Gasteiger partial charge in [0.25, 0.3) is 0 Å². The van der Waals surface area contributed by atoms with Crippen LogP contribution in [0.2, 0.25) is 0 Å².